The van der Waals surface area contributed by atoms with Gasteiger partial charge in [0, 0.05) is 29.7 Å². The smallest absolute Gasteiger partial charge is 0.271 e. The molecule has 1 saturated carbocycles. The molecule has 0 unspecified atom stereocenters. The van der Waals surface area contributed by atoms with Gasteiger partial charge in [0.25, 0.3) is 5.69 Å². The summed E-state index contributed by atoms with van der Waals surface area (Å²) in [5.41, 5.74) is 0.832. The molecule has 2 amide bonds. The highest BCUT2D eigenvalue weighted by molar-refractivity contribution is 7.92. The Labute approximate surface area is 228 Å². The molecule has 0 spiro atoms. The van der Waals surface area contributed by atoms with Crippen molar-refractivity contribution in [3.05, 3.63) is 68.7 Å². The predicted octanol–water partition coefficient (Wildman–Crippen LogP) is 4.19. The second kappa shape index (κ2) is 12.6. The lowest BCUT2D eigenvalue weighted by Gasteiger charge is -2.33. The van der Waals surface area contributed by atoms with Crippen molar-refractivity contribution in [2.75, 3.05) is 17.1 Å². The summed E-state index contributed by atoms with van der Waals surface area (Å²) in [6.45, 7) is 2.59. The summed E-state index contributed by atoms with van der Waals surface area (Å²) >= 11 is 6.14. The molecular formula is C26H33ClN4O6S. The molecule has 206 valence electrons. The van der Waals surface area contributed by atoms with E-state index < -0.39 is 33.4 Å². The molecule has 12 heteroatoms. The summed E-state index contributed by atoms with van der Waals surface area (Å²) in [7, 11) is -4.02. The topological polar surface area (TPSA) is 130 Å². The van der Waals surface area contributed by atoms with Crippen LogP contribution in [-0.2, 0) is 26.2 Å². The number of sulfonamides is 1. The van der Waals surface area contributed by atoms with Crippen LogP contribution in [0.3, 0.4) is 0 Å². The Hall–Kier alpha value is -3.18. The fourth-order valence-corrected chi connectivity index (χ4v) is 5.67. The van der Waals surface area contributed by atoms with Crippen molar-refractivity contribution >= 4 is 44.8 Å². The minimum Gasteiger partial charge on any atom is -0.352 e. The van der Waals surface area contributed by atoms with Gasteiger partial charge < -0.3 is 10.2 Å². The van der Waals surface area contributed by atoms with Gasteiger partial charge in [0.15, 0.2) is 0 Å². The summed E-state index contributed by atoms with van der Waals surface area (Å²) in [6, 6.07) is 9.80. The molecular weight excluding hydrogens is 532 g/mol. The number of non-ortho nitro benzene ring substituents is 1. The van der Waals surface area contributed by atoms with E-state index >= 15 is 0 Å². The van der Waals surface area contributed by atoms with Gasteiger partial charge in [0.2, 0.25) is 21.8 Å². The third kappa shape index (κ3) is 7.67. The zero-order valence-electron chi connectivity index (χ0n) is 21.7. The van der Waals surface area contributed by atoms with Crippen molar-refractivity contribution in [3.63, 3.8) is 0 Å². The minimum absolute atomic E-state index is 0.0180. The monoisotopic (exact) mass is 564 g/mol. The fraction of sp³-hybridized carbons (Fsp3) is 0.462. The summed E-state index contributed by atoms with van der Waals surface area (Å²) in [5.74, 6) is -0.961. The number of hydrogen-bond acceptors (Lipinski definition) is 6. The number of halogens is 1. The minimum atomic E-state index is -4.02. The van der Waals surface area contributed by atoms with Gasteiger partial charge in [-0.2, -0.15) is 0 Å². The number of carbonyl (C=O) groups excluding carboxylic acids is 2. The van der Waals surface area contributed by atoms with Gasteiger partial charge in [-0.05, 0) is 49.9 Å². The Kier molecular flexibility index (Phi) is 9.72. The molecule has 0 bridgehead atoms. The normalized spacial score (nSPS) is 14.9. The lowest BCUT2D eigenvalue weighted by atomic mass is 9.95. The van der Waals surface area contributed by atoms with E-state index in [1.807, 2.05) is 0 Å². The van der Waals surface area contributed by atoms with E-state index in [1.165, 1.54) is 17.0 Å². The lowest BCUT2D eigenvalue weighted by molar-refractivity contribution is -0.384. The number of aryl methyl sites for hydroxylation is 1. The molecule has 0 aliphatic heterocycles. The fourth-order valence-electron chi connectivity index (χ4n) is 4.56. The van der Waals surface area contributed by atoms with Crippen molar-refractivity contribution in [1.82, 2.24) is 10.2 Å². The second-order valence-electron chi connectivity index (χ2n) is 9.67. The zero-order valence-corrected chi connectivity index (χ0v) is 23.3. The number of rotatable bonds is 10. The number of nitrogens with zero attached hydrogens (tertiary/aromatic N) is 3. The highest BCUT2D eigenvalue weighted by Crippen LogP contribution is 2.28. The molecule has 1 aliphatic carbocycles. The largest absolute Gasteiger partial charge is 0.352 e. The van der Waals surface area contributed by atoms with Crippen LogP contribution in [0.25, 0.3) is 0 Å². The molecule has 38 heavy (non-hydrogen) atoms. The van der Waals surface area contributed by atoms with Crippen LogP contribution in [0.1, 0.15) is 50.2 Å². The van der Waals surface area contributed by atoms with E-state index in [1.54, 1.807) is 38.1 Å². The maximum atomic E-state index is 13.7. The first-order valence-electron chi connectivity index (χ1n) is 12.4. The third-order valence-corrected chi connectivity index (χ3v) is 8.07. The molecule has 1 N–H and O–H groups in total. The van der Waals surface area contributed by atoms with Crippen LogP contribution in [-0.4, -0.2) is 54.9 Å². The van der Waals surface area contributed by atoms with Crippen molar-refractivity contribution in [1.29, 1.82) is 0 Å². The van der Waals surface area contributed by atoms with Gasteiger partial charge in [0.05, 0.1) is 16.9 Å². The molecule has 3 rings (SSSR count). The molecule has 10 nitrogen and oxygen atoms in total. The first-order valence-corrected chi connectivity index (χ1v) is 14.7. The van der Waals surface area contributed by atoms with E-state index in [2.05, 4.69) is 5.32 Å². The average Bonchev–Trinajstić information content (AvgIpc) is 2.85. The highest BCUT2D eigenvalue weighted by Gasteiger charge is 2.32. The lowest BCUT2D eigenvalue weighted by Crippen LogP contribution is -2.53. The van der Waals surface area contributed by atoms with Crippen LogP contribution in [0.4, 0.5) is 11.4 Å². The molecule has 2 aromatic rings. The Morgan fingerprint density at radius 1 is 1.16 bits per heavy atom. The number of nitro benzene ring substituents is 1. The van der Waals surface area contributed by atoms with Gasteiger partial charge in [0.1, 0.15) is 12.6 Å². The van der Waals surface area contributed by atoms with Crippen LogP contribution in [0.2, 0.25) is 5.02 Å². The number of nitro groups is 1. The zero-order chi connectivity index (χ0) is 28.0. The van der Waals surface area contributed by atoms with Gasteiger partial charge in [-0.15, -0.1) is 0 Å². The van der Waals surface area contributed by atoms with Crippen LogP contribution < -0.4 is 9.62 Å². The summed E-state index contributed by atoms with van der Waals surface area (Å²) in [4.78, 5) is 38.9. The number of nitrogens with one attached hydrogen (secondary N) is 1. The molecule has 1 aliphatic rings. The van der Waals surface area contributed by atoms with Gasteiger partial charge in [-0.1, -0.05) is 49.1 Å². The molecule has 0 saturated heterocycles. The number of amides is 2. The Balaban J connectivity index is 1.93. The average molecular weight is 565 g/mol. The molecule has 2 aromatic carbocycles. The van der Waals surface area contributed by atoms with E-state index in [9.17, 15) is 28.1 Å². The standard InChI is InChI=1S/C26H33ClN4O6S/c1-18-12-13-23(31(34)35)15-24(18)30(38(3,36)37)17-25(32)29(16-20-8-7-9-21(27)14-20)19(2)26(33)28-22-10-5-4-6-11-22/h7-9,12-15,19,22H,4-6,10-11,16-17H2,1-3H3,(H,28,33)/t19-/m1/s1. The SMILES string of the molecule is Cc1ccc([N+](=O)[O-])cc1N(CC(=O)N(Cc1cccc(Cl)c1)[C@H](C)C(=O)NC1CCCCC1)S(C)(=O)=O. The van der Waals surface area contributed by atoms with Crippen molar-refractivity contribution < 1.29 is 22.9 Å². The Bertz CT molecular complexity index is 1300. The Morgan fingerprint density at radius 2 is 1.84 bits per heavy atom. The van der Waals surface area contributed by atoms with Crippen molar-refractivity contribution in [2.45, 2.75) is 64.6 Å². The van der Waals surface area contributed by atoms with E-state index in [-0.39, 0.29) is 29.9 Å². The quantitative estimate of drug-likeness (QED) is 0.340. The van der Waals surface area contributed by atoms with Crippen LogP contribution in [0.5, 0.6) is 0 Å². The van der Waals surface area contributed by atoms with E-state index in [4.69, 9.17) is 11.6 Å². The first kappa shape index (κ1) is 29.4. The van der Waals surface area contributed by atoms with Crippen molar-refractivity contribution in [2.24, 2.45) is 0 Å². The van der Waals surface area contributed by atoms with Crippen LogP contribution >= 0.6 is 11.6 Å². The number of benzene rings is 2. The molecule has 0 aromatic heterocycles. The van der Waals surface area contributed by atoms with E-state index in [0.717, 1.165) is 48.7 Å². The predicted molar refractivity (Wildman–Crippen MR) is 147 cm³/mol. The van der Waals surface area contributed by atoms with E-state index in [0.29, 0.717) is 16.1 Å². The summed E-state index contributed by atoms with van der Waals surface area (Å²) in [5, 5.41) is 14.8. The first-order chi connectivity index (χ1) is 17.9. The summed E-state index contributed by atoms with van der Waals surface area (Å²) < 4.78 is 26.4. The van der Waals surface area contributed by atoms with Crippen LogP contribution in [0, 0.1) is 17.0 Å². The molecule has 0 heterocycles. The van der Waals surface area contributed by atoms with Gasteiger partial charge in [-0.25, -0.2) is 8.42 Å². The maximum absolute atomic E-state index is 13.7. The maximum Gasteiger partial charge on any atom is 0.271 e. The number of anilines is 1. The second-order valence-corrected chi connectivity index (χ2v) is 12.0. The number of hydrogen-bond donors (Lipinski definition) is 1. The molecule has 1 fully saturated rings. The Morgan fingerprint density at radius 3 is 2.45 bits per heavy atom. The molecule has 1 atom stereocenters. The summed E-state index contributed by atoms with van der Waals surface area (Å²) in [6.07, 6.45) is 5.84. The number of carbonyl (C=O) groups is 2. The van der Waals surface area contributed by atoms with Crippen molar-refractivity contribution in [3.8, 4) is 0 Å². The van der Waals surface area contributed by atoms with Gasteiger partial charge >= 0.3 is 0 Å². The van der Waals surface area contributed by atoms with Crippen LogP contribution in [0.15, 0.2) is 42.5 Å². The molecule has 0 radical (unpaired) electrons. The third-order valence-electron chi connectivity index (χ3n) is 6.71. The highest BCUT2D eigenvalue weighted by atomic mass is 35.5. The van der Waals surface area contributed by atoms with Gasteiger partial charge in [-0.3, -0.25) is 24.0 Å².